The summed E-state index contributed by atoms with van der Waals surface area (Å²) in [5.41, 5.74) is 7.58. The second-order valence-electron chi connectivity index (χ2n) is 2.74. The van der Waals surface area contributed by atoms with Crippen molar-refractivity contribution in [3.05, 3.63) is 23.5 Å². The van der Waals surface area contributed by atoms with Gasteiger partial charge >= 0.3 is 0 Å². The van der Waals surface area contributed by atoms with Gasteiger partial charge in [-0.15, -0.1) is 0 Å². The Kier molecular flexibility index (Phi) is 1.30. The fourth-order valence-electron chi connectivity index (χ4n) is 1.27. The maximum Gasteiger partial charge on any atom is 0.198 e. The van der Waals surface area contributed by atoms with E-state index in [1.807, 2.05) is 0 Å². The number of benzene rings is 1. The quantitative estimate of drug-likeness (QED) is 0.622. The van der Waals surface area contributed by atoms with Gasteiger partial charge in [0.25, 0.3) is 0 Å². The lowest BCUT2D eigenvalue weighted by Gasteiger charge is -1.93. The molecule has 0 unspecified atom stereocenters. The van der Waals surface area contributed by atoms with Crippen molar-refractivity contribution >= 4 is 17.0 Å². The Morgan fingerprint density at radius 3 is 3.00 bits per heavy atom. The first kappa shape index (κ1) is 7.09. The molecule has 3 N–H and O–H groups in total. The average molecular weight is 165 g/mol. The third kappa shape index (κ3) is 0.922. The number of hydrogen-bond acceptors (Lipinski definition) is 2. The van der Waals surface area contributed by atoms with Gasteiger partial charge in [0.05, 0.1) is 11.0 Å². The molecule has 0 amide bonds. The Balaban J connectivity index is 2.88. The first-order valence-corrected chi connectivity index (χ1v) is 3.58. The van der Waals surface area contributed by atoms with Crippen LogP contribution in [0.4, 0.5) is 10.3 Å². The van der Waals surface area contributed by atoms with Crippen LogP contribution in [-0.2, 0) is 0 Å². The van der Waals surface area contributed by atoms with Gasteiger partial charge in [0.2, 0.25) is 0 Å². The summed E-state index contributed by atoms with van der Waals surface area (Å²) in [7, 11) is 0. The Morgan fingerprint density at radius 2 is 2.25 bits per heavy atom. The molecule has 0 atom stereocenters. The molecule has 0 fully saturated rings. The average Bonchev–Trinajstić information content (AvgIpc) is 2.29. The van der Waals surface area contributed by atoms with Gasteiger partial charge in [0.15, 0.2) is 5.95 Å². The standard InChI is InChI=1S/C8H8FN3/c1-4-2-5(9)3-6-7(4)12-8(10)11-6/h2-3H,1H3,(H3,10,11,12). The number of fused-ring (bicyclic) bond motifs is 1. The SMILES string of the molecule is Cc1cc(F)cc2[nH]c(N)nc12. The summed E-state index contributed by atoms with van der Waals surface area (Å²) in [5, 5.41) is 0. The van der Waals surface area contributed by atoms with E-state index < -0.39 is 0 Å². The molecule has 0 aliphatic rings. The monoisotopic (exact) mass is 165 g/mol. The molecule has 2 rings (SSSR count). The summed E-state index contributed by atoms with van der Waals surface area (Å²) < 4.78 is 12.8. The molecule has 0 aliphatic heterocycles. The van der Waals surface area contributed by atoms with Gasteiger partial charge in [-0.25, -0.2) is 9.37 Å². The van der Waals surface area contributed by atoms with Crippen LogP contribution in [0.2, 0.25) is 0 Å². The largest absolute Gasteiger partial charge is 0.369 e. The van der Waals surface area contributed by atoms with E-state index in [0.29, 0.717) is 11.5 Å². The van der Waals surface area contributed by atoms with E-state index in [4.69, 9.17) is 5.73 Å². The maximum absolute atomic E-state index is 12.8. The molecule has 2 aromatic rings. The van der Waals surface area contributed by atoms with Crippen LogP contribution in [0.5, 0.6) is 0 Å². The van der Waals surface area contributed by atoms with E-state index >= 15 is 0 Å². The minimum Gasteiger partial charge on any atom is -0.369 e. The van der Waals surface area contributed by atoms with Gasteiger partial charge in [-0.05, 0) is 24.6 Å². The number of imidazole rings is 1. The number of H-pyrrole nitrogens is 1. The third-order valence-corrected chi connectivity index (χ3v) is 1.76. The Hall–Kier alpha value is -1.58. The van der Waals surface area contributed by atoms with E-state index in [2.05, 4.69) is 9.97 Å². The number of nitrogens with zero attached hydrogens (tertiary/aromatic N) is 1. The summed E-state index contributed by atoms with van der Waals surface area (Å²) in [5.74, 6) is 0.0438. The summed E-state index contributed by atoms with van der Waals surface area (Å²) in [6, 6.07) is 2.81. The number of rotatable bonds is 0. The predicted molar refractivity (Wildman–Crippen MR) is 45.2 cm³/mol. The van der Waals surface area contributed by atoms with Crippen molar-refractivity contribution < 1.29 is 4.39 Å². The zero-order valence-electron chi connectivity index (χ0n) is 6.56. The van der Waals surface area contributed by atoms with Crippen molar-refractivity contribution in [2.24, 2.45) is 0 Å². The zero-order chi connectivity index (χ0) is 8.72. The maximum atomic E-state index is 12.8. The van der Waals surface area contributed by atoms with Crippen LogP contribution in [0.25, 0.3) is 11.0 Å². The molecule has 0 radical (unpaired) electrons. The molecule has 0 spiro atoms. The van der Waals surface area contributed by atoms with Gasteiger partial charge in [-0.2, -0.15) is 0 Å². The molecular weight excluding hydrogens is 157 g/mol. The predicted octanol–water partition coefficient (Wildman–Crippen LogP) is 1.59. The van der Waals surface area contributed by atoms with Crippen molar-refractivity contribution in [2.75, 3.05) is 5.73 Å². The lowest BCUT2D eigenvalue weighted by molar-refractivity contribution is 0.628. The highest BCUT2D eigenvalue weighted by atomic mass is 19.1. The molecule has 1 heterocycles. The number of anilines is 1. The topological polar surface area (TPSA) is 54.7 Å². The van der Waals surface area contributed by atoms with Crippen LogP contribution < -0.4 is 5.73 Å². The van der Waals surface area contributed by atoms with E-state index in [-0.39, 0.29) is 5.82 Å². The second-order valence-corrected chi connectivity index (χ2v) is 2.74. The lowest BCUT2D eigenvalue weighted by atomic mass is 10.2. The van der Waals surface area contributed by atoms with Crippen LogP contribution in [0, 0.1) is 12.7 Å². The van der Waals surface area contributed by atoms with Crippen molar-refractivity contribution in [1.82, 2.24) is 9.97 Å². The minimum atomic E-state index is -0.274. The molecule has 12 heavy (non-hydrogen) atoms. The van der Waals surface area contributed by atoms with Crippen LogP contribution in [-0.4, -0.2) is 9.97 Å². The minimum absolute atomic E-state index is 0.274. The van der Waals surface area contributed by atoms with Gasteiger partial charge in [-0.3, -0.25) is 0 Å². The normalized spacial score (nSPS) is 10.8. The molecule has 1 aromatic heterocycles. The first-order valence-electron chi connectivity index (χ1n) is 3.58. The van der Waals surface area contributed by atoms with Crippen LogP contribution in [0.3, 0.4) is 0 Å². The molecule has 0 saturated carbocycles. The zero-order valence-corrected chi connectivity index (χ0v) is 6.56. The van der Waals surface area contributed by atoms with Crippen LogP contribution >= 0.6 is 0 Å². The molecule has 1 aromatic carbocycles. The van der Waals surface area contributed by atoms with Crippen molar-refractivity contribution in [2.45, 2.75) is 6.92 Å². The molecular formula is C8H8FN3. The molecule has 0 saturated heterocycles. The lowest BCUT2D eigenvalue weighted by Crippen LogP contribution is -1.84. The number of nitrogen functional groups attached to an aromatic ring is 1. The number of nitrogens with one attached hydrogen (secondary N) is 1. The molecule has 4 heteroatoms. The highest BCUT2D eigenvalue weighted by Crippen LogP contribution is 2.18. The molecule has 0 bridgehead atoms. The Morgan fingerprint density at radius 1 is 1.50 bits per heavy atom. The number of hydrogen-bond donors (Lipinski definition) is 2. The summed E-state index contributed by atoms with van der Waals surface area (Å²) >= 11 is 0. The van der Waals surface area contributed by atoms with E-state index in [1.165, 1.54) is 12.1 Å². The van der Waals surface area contributed by atoms with E-state index in [0.717, 1.165) is 11.1 Å². The van der Waals surface area contributed by atoms with Gasteiger partial charge < -0.3 is 10.7 Å². The fraction of sp³-hybridized carbons (Fsp3) is 0.125. The third-order valence-electron chi connectivity index (χ3n) is 1.76. The molecule has 3 nitrogen and oxygen atoms in total. The van der Waals surface area contributed by atoms with Crippen LogP contribution in [0.15, 0.2) is 12.1 Å². The number of aromatic nitrogens is 2. The van der Waals surface area contributed by atoms with Gasteiger partial charge in [0, 0.05) is 0 Å². The Labute approximate surface area is 68.4 Å². The van der Waals surface area contributed by atoms with E-state index in [9.17, 15) is 4.39 Å². The van der Waals surface area contributed by atoms with E-state index in [1.54, 1.807) is 6.92 Å². The second kappa shape index (κ2) is 2.20. The number of aryl methyl sites for hydroxylation is 1. The highest BCUT2D eigenvalue weighted by molar-refractivity contribution is 5.80. The number of halogens is 1. The van der Waals surface area contributed by atoms with Crippen molar-refractivity contribution in [3.63, 3.8) is 0 Å². The van der Waals surface area contributed by atoms with Crippen molar-refractivity contribution in [3.8, 4) is 0 Å². The number of aromatic amines is 1. The number of nitrogens with two attached hydrogens (primary N) is 1. The van der Waals surface area contributed by atoms with Gasteiger partial charge in [-0.1, -0.05) is 0 Å². The highest BCUT2D eigenvalue weighted by Gasteiger charge is 2.04. The van der Waals surface area contributed by atoms with Crippen molar-refractivity contribution in [1.29, 1.82) is 0 Å². The first-order chi connectivity index (χ1) is 5.66. The van der Waals surface area contributed by atoms with Gasteiger partial charge in [0.1, 0.15) is 5.82 Å². The molecule has 0 aliphatic carbocycles. The summed E-state index contributed by atoms with van der Waals surface area (Å²) in [4.78, 5) is 6.78. The molecule has 62 valence electrons. The smallest absolute Gasteiger partial charge is 0.198 e. The summed E-state index contributed by atoms with van der Waals surface area (Å²) in [6.07, 6.45) is 0. The summed E-state index contributed by atoms with van der Waals surface area (Å²) in [6.45, 7) is 1.80. The fourth-order valence-corrected chi connectivity index (χ4v) is 1.27. The van der Waals surface area contributed by atoms with Crippen LogP contribution in [0.1, 0.15) is 5.56 Å². The Bertz CT molecular complexity index is 433.